The van der Waals surface area contributed by atoms with Gasteiger partial charge in [-0.2, -0.15) is 0 Å². The Bertz CT molecular complexity index is 1700. The number of rotatable bonds is 7. The van der Waals surface area contributed by atoms with E-state index >= 15 is 0 Å². The second-order valence-corrected chi connectivity index (χ2v) is 10.2. The van der Waals surface area contributed by atoms with Gasteiger partial charge in [0.1, 0.15) is 0 Å². The predicted octanol–water partition coefficient (Wildman–Crippen LogP) is 5.77. The zero-order valence-corrected chi connectivity index (χ0v) is 22.4. The molecule has 198 valence electrons. The highest BCUT2D eigenvalue weighted by Gasteiger charge is 2.35. The molecule has 0 atom stereocenters. The minimum atomic E-state index is -0.221. The van der Waals surface area contributed by atoms with Crippen LogP contribution in [0, 0.1) is 0 Å². The Balaban J connectivity index is 1.17. The lowest BCUT2D eigenvalue weighted by molar-refractivity contribution is 0.0647. The van der Waals surface area contributed by atoms with Gasteiger partial charge in [0.25, 0.3) is 23.6 Å². The molecule has 0 bridgehead atoms. The predicted molar refractivity (Wildman–Crippen MR) is 152 cm³/mol. The fraction of sp³-hybridized carbons (Fsp3) is 0.176. The van der Waals surface area contributed by atoms with Crippen molar-refractivity contribution in [2.75, 3.05) is 13.1 Å². The molecule has 0 radical (unpaired) electrons. The summed E-state index contributed by atoms with van der Waals surface area (Å²) in [5.74, 6) is -0.880. The lowest BCUT2D eigenvalue weighted by Crippen LogP contribution is -2.29. The zero-order chi connectivity index (χ0) is 28.0. The molecule has 4 aromatic carbocycles. The smallest absolute Gasteiger partial charge is 0.261 e. The topological polar surface area (TPSA) is 74.8 Å². The molecular formula is C34H28N2O4. The molecule has 0 spiro atoms. The van der Waals surface area contributed by atoms with Crippen molar-refractivity contribution in [3.63, 3.8) is 0 Å². The summed E-state index contributed by atoms with van der Waals surface area (Å²) in [7, 11) is 0. The van der Waals surface area contributed by atoms with E-state index in [2.05, 4.69) is 42.5 Å². The number of hydrogen-bond acceptors (Lipinski definition) is 4. The van der Waals surface area contributed by atoms with Gasteiger partial charge in [-0.25, -0.2) is 0 Å². The molecular weight excluding hydrogens is 500 g/mol. The average molecular weight is 529 g/mol. The normalized spacial score (nSPS) is 14.2. The van der Waals surface area contributed by atoms with Gasteiger partial charge < -0.3 is 0 Å². The Morgan fingerprint density at radius 3 is 1.43 bits per heavy atom. The molecule has 2 aliphatic rings. The third-order valence-corrected chi connectivity index (χ3v) is 7.73. The van der Waals surface area contributed by atoms with Gasteiger partial charge in [-0.15, -0.1) is 0 Å². The maximum atomic E-state index is 12.6. The average Bonchev–Trinajstić information content (AvgIpc) is 3.36. The van der Waals surface area contributed by atoms with Crippen molar-refractivity contribution in [3.8, 4) is 11.1 Å². The van der Waals surface area contributed by atoms with Gasteiger partial charge in [0, 0.05) is 13.1 Å². The highest BCUT2D eigenvalue weighted by Crippen LogP contribution is 2.28. The van der Waals surface area contributed by atoms with Gasteiger partial charge >= 0.3 is 0 Å². The number of imide groups is 2. The first-order chi connectivity index (χ1) is 19.4. The molecule has 6 nitrogen and oxygen atoms in total. The molecule has 0 N–H and O–H groups in total. The van der Waals surface area contributed by atoms with Crippen LogP contribution in [0.15, 0.2) is 84.9 Å². The summed E-state index contributed by atoms with van der Waals surface area (Å²) in [6.07, 6.45) is 1.32. The van der Waals surface area contributed by atoms with Crippen LogP contribution in [0.4, 0.5) is 0 Å². The summed E-state index contributed by atoms with van der Waals surface area (Å²) in [5, 5.41) is 0. The Morgan fingerprint density at radius 2 is 0.900 bits per heavy atom. The first-order valence-electron chi connectivity index (χ1n) is 13.5. The molecule has 4 aromatic rings. The first-order valence-corrected chi connectivity index (χ1v) is 13.5. The van der Waals surface area contributed by atoms with Crippen molar-refractivity contribution in [3.05, 3.63) is 129 Å². The van der Waals surface area contributed by atoms with Crippen molar-refractivity contribution >= 4 is 23.6 Å². The van der Waals surface area contributed by atoms with Crippen LogP contribution in [0.25, 0.3) is 11.1 Å². The third kappa shape index (κ3) is 4.31. The highest BCUT2D eigenvalue weighted by molar-refractivity contribution is 6.22. The van der Waals surface area contributed by atoms with Crippen molar-refractivity contribution in [1.29, 1.82) is 0 Å². The van der Waals surface area contributed by atoms with Crippen LogP contribution in [0.5, 0.6) is 0 Å². The summed E-state index contributed by atoms with van der Waals surface area (Å²) < 4.78 is 0. The Kier molecular flexibility index (Phi) is 6.39. The van der Waals surface area contributed by atoms with E-state index in [1.54, 1.807) is 26.0 Å². The zero-order valence-electron chi connectivity index (χ0n) is 22.4. The van der Waals surface area contributed by atoms with E-state index in [4.69, 9.17) is 0 Å². The van der Waals surface area contributed by atoms with Gasteiger partial charge in [-0.1, -0.05) is 60.7 Å². The van der Waals surface area contributed by atoms with E-state index in [9.17, 15) is 19.2 Å². The molecule has 0 aliphatic carbocycles. The summed E-state index contributed by atoms with van der Waals surface area (Å²) in [6.45, 7) is 4.35. The van der Waals surface area contributed by atoms with Crippen molar-refractivity contribution < 1.29 is 19.2 Å². The van der Waals surface area contributed by atoms with Gasteiger partial charge in [0.2, 0.25) is 0 Å². The Morgan fingerprint density at radius 1 is 0.450 bits per heavy atom. The van der Waals surface area contributed by atoms with Crippen LogP contribution < -0.4 is 0 Å². The number of fused-ring (bicyclic) bond motifs is 2. The van der Waals surface area contributed by atoms with E-state index in [1.165, 1.54) is 9.80 Å². The van der Waals surface area contributed by atoms with E-state index in [1.807, 2.05) is 30.3 Å². The third-order valence-electron chi connectivity index (χ3n) is 7.73. The number of carbonyl (C=O) groups excluding carboxylic acids is 4. The SMILES string of the molecule is CCN1C(=O)c2ccc(Cc3ccc(-c4cccc(Cc5ccc6c(c5)C(=O)N(CC)C6=O)c4)cc3)cc2C1=O. The minimum Gasteiger partial charge on any atom is -0.275 e. The van der Waals surface area contributed by atoms with Crippen LogP contribution in [0.2, 0.25) is 0 Å². The van der Waals surface area contributed by atoms with Crippen LogP contribution in [-0.2, 0) is 12.8 Å². The number of amides is 4. The van der Waals surface area contributed by atoms with Gasteiger partial charge in [-0.3, -0.25) is 29.0 Å². The van der Waals surface area contributed by atoms with Crippen molar-refractivity contribution in [2.45, 2.75) is 26.7 Å². The van der Waals surface area contributed by atoms with Gasteiger partial charge in [-0.05, 0) is 84.3 Å². The van der Waals surface area contributed by atoms with Crippen LogP contribution >= 0.6 is 0 Å². The number of carbonyl (C=O) groups is 4. The maximum Gasteiger partial charge on any atom is 0.261 e. The lowest BCUT2D eigenvalue weighted by atomic mass is 9.96. The highest BCUT2D eigenvalue weighted by atomic mass is 16.2. The molecule has 2 heterocycles. The number of hydrogen-bond donors (Lipinski definition) is 0. The van der Waals surface area contributed by atoms with Crippen molar-refractivity contribution in [1.82, 2.24) is 9.80 Å². The van der Waals surface area contributed by atoms with Gasteiger partial charge in [0.05, 0.1) is 22.3 Å². The fourth-order valence-electron chi connectivity index (χ4n) is 5.62. The summed E-state index contributed by atoms with van der Waals surface area (Å²) >= 11 is 0. The monoisotopic (exact) mass is 528 g/mol. The molecule has 40 heavy (non-hydrogen) atoms. The summed E-state index contributed by atoms with van der Waals surface area (Å²) in [6, 6.07) is 27.7. The van der Waals surface area contributed by atoms with Crippen LogP contribution in [0.1, 0.15) is 77.5 Å². The van der Waals surface area contributed by atoms with Gasteiger partial charge in [0.15, 0.2) is 0 Å². The largest absolute Gasteiger partial charge is 0.275 e. The van der Waals surface area contributed by atoms with E-state index in [-0.39, 0.29) is 23.6 Å². The molecule has 6 heteroatoms. The summed E-state index contributed by atoms with van der Waals surface area (Å²) in [5.41, 5.74) is 8.32. The molecule has 0 fully saturated rings. The standard InChI is InChI=1S/C34H28N2O4/c1-3-35-31(37)27-14-10-23(19-29(27)33(35)39)16-21-8-12-25(13-9-21)26-7-5-6-22(18-26)17-24-11-15-28-30(20-24)34(40)36(4-2)32(28)38/h5-15,18-20H,3-4,16-17H2,1-2H3. The molecule has 4 amide bonds. The maximum absolute atomic E-state index is 12.6. The molecule has 2 aliphatic heterocycles. The quantitative estimate of drug-likeness (QED) is 0.286. The fourth-order valence-corrected chi connectivity index (χ4v) is 5.62. The minimum absolute atomic E-state index is 0.219. The molecule has 0 saturated carbocycles. The van der Waals surface area contributed by atoms with Crippen molar-refractivity contribution in [2.24, 2.45) is 0 Å². The van der Waals surface area contributed by atoms with E-state index in [0.717, 1.165) is 33.4 Å². The van der Waals surface area contributed by atoms with E-state index < -0.39 is 0 Å². The Hall–Kier alpha value is -4.84. The molecule has 0 aromatic heterocycles. The second-order valence-electron chi connectivity index (χ2n) is 10.2. The molecule has 6 rings (SSSR count). The van der Waals surface area contributed by atoms with Crippen LogP contribution in [-0.4, -0.2) is 46.5 Å². The second kappa shape index (κ2) is 10.0. The Labute approximate surface area is 232 Å². The first kappa shape index (κ1) is 25.4. The lowest BCUT2D eigenvalue weighted by Gasteiger charge is -2.09. The molecule has 0 saturated heterocycles. The number of nitrogens with zero attached hydrogens (tertiary/aromatic N) is 2. The van der Waals surface area contributed by atoms with Crippen LogP contribution in [0.3, 0.4) is 0 Å². The van der Waals surface area contributed by atoms with E-state index in [0.29, 0.717) is 48.2 Å². The number of benzene rings is 4. The summed E-state index contributed by atoms with van der Waals surface area (Å²) in [4.78, 5) is 52.5. The molecule has 0 unspecified atom stereocenters.